The standard InChI is InChI=1S/C12H18N2O/c1-10-8-14(9-10)11-2-4-12(5-3-11)15-7-6-13/h2-5,10H,6-9,13H2,1H3. The Morgan fingerprint density at radius 2 is 2.00 bits per heavy atom. The van der Waals surface area contributed by atoms with E-state index in [9.17, 15) is 0 Å². The summed E-state index contributed by atoms with van der Waals surface area (Å²) < 4.78 is 5.42. The van der Waals surface area contributed by atoms with Gasteiger partial charge in [-0.3, -0.25) is 0 Å². The first-order chi connectivity index (χ1) is 7.29. The zero-order valence-electron chi connectivity index (χ0n) is 9.15. The average Bonchev–Trinajstić information content (AvgIpc) is 2.23. The molecule has 82 valence electrons. The molecule has 0 aromatic heterocycles. The summed E-state index contributed by atoms with van der Waals surface area (Å²) in [6.07, 6.45) is 0. The number of anilines is 1. The van der Waals surface area contributed by atoms with Crippen LogP contribution in [-0.4, -0.2) is 26.2 Å². The maximum absolute atomic E-state index is 5.42. The van der Waals surface area contributed by atoms with Crippen molar-refractivity contribution in [3.63, 3.8) is 0 Å². The van der Waals surface area contributed by atoms with Crippen molar-refractivity contribution in [3.8, 4) is 5.75 Å². The third-order valence-corrected chi connectivity index (χ3v) is 2.65. The summed E-state index contributed by atoms with van der Waals surface area (Å²) in [5, 5.41) is 0. The van der Waals surface area contributed by atoms with Crippen LogP contribution >= 0.6 is 0 Å². The van der Waals surface area contributed by atoms with E-state index in [1.54, 1.807) is 0 Å². The fraction of sp³-hybridized carbons (Fsp3) is 0.500. The summed E-state index contributed by atoms with van der Waals surface area (Å²) in [7, 11) is 0. The Kier molecular flexibility index (Phi) is 3.11. The van der Waals surface area contributed by atoms with Gasteiger partial charge < -0.3 is 15.4 Å². The quantitative estimate of drug-likeness (QED) is 0.811. The summed E-state index contributed by atoms with van der Waals surface area (Å²) in [6.45, 7) is 5.76. The van der Waals surface area contributed by atoms with Crippen molar-refractivity contribution >= 4 is 5.69 Å². The predicted octanol–water partition coefficient (Wildman–Crippen LogP) is 1.48. The smallest absolute Gasteiger partial charge is 0.119 e. The molecule has 1 aliphatic heterocycles. The molecular formula is C12H18N2O. The highest BCUT2D eigenvalue weighted by Crippen LogP contribution is 2.25. The van der Waals surface area contributed by atoms with E-state index in [4.69, 9.17) is 10.5 Å². The molecule has 1 fully saturated rings. The summed E-state index contributed by atoms with van der Waals surface area (Å²) in [4.78, 5) is 2.37. The lowest BCUT2D eigenvalue weighted by molar-refractivity contribution is 0.328. The van der Waals surface area contributed by atoms with Gasteiger partial charge in [-0.25, -0.2) is 0 Å². The van der Waals surface area contributed by atoms with Gasteiger partial charge in [0.05, 0.1) is 0 Å². The van der Waals surface area contributed by atoms with Crippen LogP contribution < -0.4 is 15.4 Å². The molecule has 1 aromatic rings. The lowest BCUT2D eigenvalue weighted by Crippen LogP contribution is -2.45. The molecule has 0 spiro atoms. The Hall–Kier alpha value is -1.22. The fourth-order valence-electron chi connectivity index (χ4n) is 1.84. The minimum Gasteiger partial charge on any atom is -0.492 e. The van der Waals surface area contributed by atoms with Gasteiger partial charge in [0.25, 0.3) is 0 Å². The third kappa shape index (κ3) is 2.42. The van der Waals surface area contributed by atoms with Gasteiger partial charge in [0, 0.05) is 25.3 Å². The SMILES string of the molecule is CC1CN(c2ccc(OCCN)cc2)C1. The summed E-state index contributed by atoms with van der Waals surface area (Å²) in [5.41, 5.74) is 6.65. The Morgan fingerprint density at radius 1 is 1.33 bits per heavy atom. The molecule has 15 heavy (non-hydrogen) atoms. The van der Waals surface area contributed by atoms with Crippen molar-refractivity contribution in [1.29, 1.82) is 0 Å². The fourth-order valence-corrected chi connectivity index (χ4v) is 1.84. The highest BCUT2D eigenvalue weighted by atomic mass is 16.5. The number of rotatable bonds is 4. The average molecular weight is 206 g/mol. The van der Waals surface area contributed by atoms with Crippen LogP contribution in [0.2, 0.25) is 0 Å². The van der Waals surface area contributed by atoms with Crippen LogP contribution in [0.3, 0.4) is 0 Å². The van der Waals surface area contributed by atoms with Crippen molar-refractivity contribution in [3.05, 3.63) is 24.3 Å². The molecule has 1 heterocycles. The number of hydrogen-bond acceptors (Lipinski definition) is 3. The van der Waals surface area contributed by atoms with Crippen LogP contribution in [0, 0.1) is 5.92 Å². The molecule has 1 aliphatic rings. The Balaban J connectivity index is 1.92. The second-order valence-electron chi connectivity index (χ2n) is 4.14. The first kappa shape index (κ1) is 10.3. The van der Waals surface area contributed by atoms with Crippen LogP contribution in [0.5, 0.6) is 5.75 Å². The topological polar surface area (TPSA) is 38.5 Å². The van der Waals surface area contributed by atoms with Crippen molar-refractivity contribution < 1.29 is 4.74 Å². The molecule has 0 atom stereocenters. The minimum atomic E-state index is 0.561. The molecule has 1 saturated heterocycles. The largest absolute Gasteiger partial charge is 0.492 e. The van der Waals surface area contributed by atoms with Crippen LogP contribution in [0.25, 0.3) is 0 Å². The van der Waals surface area contributed by atoms with Crippen LogP contribution in [-0.2, 0) is 0 Å². The van der Waals surface area contributed by atoms with Gasteiger partial charge in [0.2, 0.25) is 0 Å². The number of nitrogens with two attached hydrogens (primary N) is 1. The minimum absolute atomic E-state index is 0.561. The second kappa shape index (κ2) is 4.53. The normalized spacial score (nSPS) is 16.3. The molecule has 1 aromatic carbocycles. The summed E-state index contributed by atoms with van der Waals surface area (Å²) in [5.74, 6) is 1.73. The third-order valence-electron chi connectivity index (χ3n) is 2.65. The van der Waals surface area contributed by atoms with Gasteiger partial charge in [-0.05, 0) is 30.2 Å². The predicted molar refractivity (Wildman–Crippen MR) is 62.4 cm³/mol. The molecule has 0 amide bonds. The lowest BCUT2D eigenvalue weighted by Gasteiger charge is -2.39. The molecule has 2 rings (SSSR count). The van der Waals surface area contributed by atoms with E-state index in [1.807, 2.05) is 12.1 Å². The van der Waals surface area contributed by atoms with Crippen molar-refractivity contribution in [1.82, 2.24) is 0 Å². The Morgan fingerprint density at radius 3 is 2.53 bits per heavy atom. The molecule has 0 bridgehead atoms. The van der Waals surface area contributed by atoms with Crippen LogP contribution in [0.15, 0.2) is 24.3 Å². The number of benzene rings is 1. The molecule has 0 radical (unpaired) electrons. The van der Waals surface area contributed by atoms with E-state index in [2.05, 4.69) is 24.0 Å². The Labute approximate surface area is 90.8 Å². The van der Waals surface area contributed by atoms with Gasteiger partial charge in [0.1, 0.15) is 12.4 Å². The van der Waals surface area contributed by atoms with Crippen LogP contribution in [0.4, 0.5) is 5.69 Å². The highest BCUT2D eigenvalue weighted by molar-refractivity contribution is 5.50. The van der Waals surface area contributed by atoms with Gasteiger partial charge in [0.15, 0.2) is 0 Å². The summed E-state index contributed by atoms with van der Waals surface area (Å²) >= 11 is 0. The zero-order valence-corrected chi connectivity index (χ0v) is 9.15. The van der Waals surface area contributed by atoms with E-state index in [-0.39, 0.29) is 0 Å². The lowest BCUT2D eigenvalue weighted by atomic mass is 10.0. The maximum atomic E-state index is 5.42. The highest BCUT2D eigenvalue weighted by Gasteiger charge is 2.22. The monoisotopic (exact) mass is 206 g/mol. The molecule has 0 saturated carbocycles. The van der Waals surface area contributed by atoms with Crippen LogP contribution in [0.1, 0.15) is 6.92 Å². The number of hydrogen-bond donors (Lipinski definition) is 1. The molecule has 0 unspecified atom stereocenters. The van der Waals surface area contributed by atoms with Gasteiger partial charge in [-0.2, -0.15) is 0 Å². The molecular weight excluding hydrogens is 188 g/mol. The Bertz CT molecular complexity index is 304. The molecule has 3 nitrogen and oxygen atoms in total. The van der Waals surface area contributed by atoms with E-state index in [1.165, 1.54) is 18.8 Å². The van der Waals surface area contributed by atoms with E-state index >= 15 is 0 Å². The molecule has 3 heteroatoms. The molecule has 0 aliphatic carbocycles. The first-order valence-electron chi connectivity index (χ1n) is 5.47. The maximum Gasteiger partial charge on any atom is 0.119 e. The number of ether oxygens (including phenoxy) is 1. The van der Waals surface area contributed by atoms with Crippen molar-refractivity contribution in [2.45, 2.75) is 6.92 Å². The zero-order chi connectivity index (χ0) is 10.7. The molecule has 2 N–H and O–H groups in total. The van der Waals surface area contributed by atoms with E-state index < -0.39 is 0 Å². The van der Waals surface area contributed by atoms with Crippen molar-refractivity contribution in [2.75, 3.05) is 31.1 Å². The van der Waals surface area contributed by atoms with Gasteiger partial charge in [-0.1, -0.05) is 6.92 Å². The van der Waals surface area contributed by atoms with Crippen molar-refractivity contribution in [2.24, 2.45) is 11.7 Å². The summed E-state index contributed by atoms with van der Waals surface area (Å²) in [6, 6.07) is 8.23. The van der Waals surface area contributed by atoms with Gasteiger partial charge in [-0.15, -0.1) is 0 Å². The van der Waals surface area contributed by atoms with E-state index in [0.29, 0.717) is 13.2 Å². The second-order valence-corrected chi connectivity index (χ2v) is 4.14. The van der Waals surface area contributed by atoms with E-state index in [0.717, 1.165) is 11.7 Å². The van der Waals surface area contributed by atoms with Gasteiger partial charge >= 0.3 is 0 Å². The first-order valence-corrected chi connectivity index (χ1v) is 5.47. The number of nitrogens with zero attached hydrogens (tertiary/aromatic N) is 1.